The molecule has 116 valence electrons. The first-order valence-corrected chi connectivity index (χ1v) is 8.55. The summed E-state index contributed by atoms with van der Waals surface area (Å²) in [6.07, 6.45) is 1.08. The fraction of sp³-hybridized carbons (Fsp3) is 0.538. The van der Waals surface area contributed by atoms with Gasteiger partial charge in [0.2, 0.25) is 10.0 Å². The lowest BCUT2D eigenvalue weighted by Crippen LogP contribution is -2.31. The van der Waals surface area contributed by atoms with Gasteiger partial charge in [0.25, 0.3) is 0 Å². The Kier molecular flexibility index (Phi) is 3.64. The number of nitrogens with zero attached hydrogens (tertiary/aromatic N) is 1. The lowest BCUT2D eigenvalue weighted by Gasteiger charge is -2.19. The van der Waals surface area contributed by atoms with E-state index in [0.29, 0.717) is 13.0 Å². The van der Waals surface area contributed by atoms with Crippen LogP contribution in [0.25, 0.3) is 0 Å². The first-order chi connectivity index (χ1) is 9.80. The Balaban J connectivity index is 1.94. The van der Waals surface area contributed by atoms with E-state index in [1.807, 2.05) is 0 Å². The van der Waals surface area contributed by atoms with Gasteiger partial charge in [-0.2, -0.15) is 4.31 Å². The summed E-state index contributed by atoms with van der Waals surface area (Å²) in [5.41, 5.74) is 5.19. The van der Waals surface area contributed by atoms with E-state index < -0.39 is 21.9 Å². The molecule has 2 aliphatic rings. The predicted octanol–water partition coefficient (Wildman–Crippen LogP) is 1.45. The van der Waals surface area contributed by atoms with E-state index in [1.54, 1.807) is 0 Å². The number of hydrogen-bond donors (Lipinski definition) is 2. The van der Waals surface area contributed by atoms with Gasteiger partial charge in [0.15, 0.2) is 0 Å². The van der Waals surface area contributed by atoms with Crippen molar-refractivity contribution in [2.45, 2.75) is 23.8 Å². The Hall–Kier alpha value is -0.890. The second-order valence-corrected chi connectivity index (χ2v) is 8.01. The minimum atomic E-state index is -3.83. The molecule has 1 saturated carbocycles. The summed E-state index contributed by atoms with van der Waals surface area (Å²) >= 11 is 5.86. The Morgan fingerprint density at radius 3 is 2.71 bits per heavy atom. The number of aliphatic hydroxyl groups is 1. The molecule has 3 unspecified atom stereocenters. The molecule has 3 N–H and O–H groups in total. The van der Waals surface area contributed by atoms with Crippen molar-refractivity contribution in [3.63, 3.8) is 0 Å². The predicted molar refractivity (Wildman–Crippen MR) is 76.8 cm³/mol. The zero-order chi connectivity index (χ0) is 15.4. The highest BCUT2D eigenvalue weighted by atomic mass is 35.5. The van der Waals surface area contributed by atoms with Crippen LogP contribution in [0, 0.1) is 17.7 Å². The largest absolute Gasteiger partial charge is 0.396 e. The van der Waals surface area contributed by atoms with E-state index in [2.05, 4.69) is 0 Å². The van der Waals surface area contributed by atoms with Crippen molar-refractivity contribution in [2.75, 3.05) is 18.8 Å². The van der Waals surface area contributed by atoms with E-state index in [9.17, 15) is 17.9 Å². The number of anilines is 1. The van der Waals surface area contributed by atoms with Gasteiger partial charge in [-0.3, -0.25) is 0 Å². The standard InChI is InChI=1S/C13H16ClFN2O3S/c14-9-3-10(15)11(16)4-13(9)21(19,20)17-5-7-1-2-12(18)8(7)6-17/h3-4,7-8,12,18H,1-2,5-6,16H2. The Bertz CT molecular complexity index is 682. The van der Waals surface area contributed by atoms with Crippen LogP contribution in [-0.2, 0) is 10.0 Å². The number of aliphatic hydroxyl groups excluding tert-OH is 1. The zero-order valence-electron chi connectivity index (χ0n) is 11.2. The smallest absolute Gasteiger partial charge is 0.244 e. The van der Waals surface area contributed by atoms with Crippen molar-refractivity contribution in [1.82, 2.24) is 4.31 Å². The van der Waals surface area contributed by atoms with Gasteiger partial charge in [0.05, 0.1) is 16.8 Å². The van der Waals surface area contributed by atoms with Crippen LogP contribution in [0.1, 0.15) is 12.8 Å². The molecular formula is C13H16ClFN2O3S. The highest BCUT2D eigenvalue weighted by Gasteiger charge is 2.46. The molecule has 3 rings (SSSR count). The Morgan fingerprint density at radius 1 is 1.33 bits per heavy atom. The maximum atomic E-state index is 13.3. The first kappa shape index (κ1) is 15.0. The number of rotatable bonds is 2. The van der Waals surface area contributed by atoms with Crippen LogP contribution < -0.4 is 5.73 Å². The van der Waals surface area contributed by atoms with Gasteiger partial charge in [-0.05, 0) is 30.9 Å². The summed E-state index contributed by atoms with van der Waals surface area (Å²) in [5.74, 6) is -0.602. The molecule has 0 radical (unpaired) electrons. The molecular weight excluding hydrogens is 319 g/mol. The van der Waals surface area contributed by atoms with Crippen LogP contribution in [0.4, 0.5) is 10.1 Å². The molecule has 1 heterocycles. The van der Waals surface area contributed by atoms with Crippen LogP contribution >= 0.6 is 11.6 Å². The van der Waals surface area contributed by atoms with E-state index >= 15 is 0 Å². The van der Waals surface area contributed by atoms with Gasteiger partial charge in [-0.15, -0.1) is 0 Å². The summed E-state index contributed by atoms with van der Waals surface area (Å²) in [6.45, 7) is 0.624. The van der Waals surface area contributed by atoms with E-state index in [1.165, 1.54) is 4.31 Å². The van der Waals surface area contributed by atoms with E-state index in [4.69, 9.17) is 17.3 Å². The number of halogens is 2. The highest BCUT2D eigenvalue weighted by molar-refractivity contribution is 7.89. The number of nitrogen functional groups attached to an aromatic ring is 1. The fourth-order valence-corrected chi connectivity index (χ4v) is 5.33. The average molecular weight is 335 g/mol. The summed E-state index contributed by atoms with van der Waals surface area (Å²) in [6, 6.07) is 1.97. The maximum absolute atomic E-state index is 13.3. The van der Waals surface area contributed by atoms with Gasteiger partial charge in [-0.1, -0.05) is 11.6 Å². The summed E-state index contributed by atoms with van der Waals surface area (Å²) in [4.78, 5) is -0.183. The molecule has 0 aromatic heterocycles. The van der Waals surface area contributed by atoms with Crippen molar-refractivity contribution in [3.8, 4) is 0 Å². The molecule has 1 aliphatic heterocycles. The molecule has 1 aromatic rings. The van der Waals surface area contributed by atoms with Crippen LogP contribution in [0.2, 0.25) is 5.02 Å². The molecule has 5 nitrogen and oxygen atoms in total. The summed E-state index contributed by atoms with van der Waals surface area (Å²) in [7, 11) is -3.83. The number of nitrogens with two attached hydrogens (primary N) is 1. The molecule has 1 saturated heterocycles. The fourth-order valence-electron chi connectivity index (χ4n) is 3.27. The quantitative estimate of drug-likeness (QED) is 0.802. The van der Waals surface area contributed by atoms with Crippen molar-refractivity contribution >= 4 is 27.3 Å². The van der Waals surface area contributed by atoms with Crippen molar-refractivity contribution in [2.24, 2.45) is 11.8 Å². The molecule has 0 amide bonds. The SMILES string of the molecule is Nc1cc(S(=O)(=O)N2CC3CCC(O)C3C2)c(Cl)cc1F. The topological polar surface area (TPSA) is 83.6 Å². The van der Waals surface area contributed by atoms with Crippen LogP contribution in [0.15, 0.2) is 17.0 Å². The lowest BCUT2D eigenvalue weighted by atomic mass is 10.00. The minimum absolute atomic E-state index is 0.0312. The molecule has 21 heavy (non-hydrogen) atoms. The summed E-state index contributed by atoms with van der Waals surface area (Å²) < 4.78 is 39.9. The lowest BCUT2D eigenvalue weighted by molar-refractivity contribution is 0.129. The number of fused-ring (bicyclic) bond motifs is 1. The van der Waals surface area contributed by atoms with Gasteiger partial charge in [0.1, 0.15) is 10.7 Å². The molecule has 2 fully saturated rings. The third-order valence-electron chi connectivity index (χ3n) is 4.45. The maximum Gasteiger partial charge on any atom is 0.244 e. The third-order valence-corrected chi connectivity index (χ3v) is 6.75. The summed E-state index contributed by atoms with van der Waals surface area (Å²) in [5, 5.41) is 9.69. The third kappa shape index (κ3) is 2.42. The Morgan fingerprint density at radius 2 is 2.05 bits per heavy atom. The van der Waals surface area contributed by atoms with E-state index in [0.717, 1.165) is 18.6 Å². The van der Waals surface area contributed by atoms with Crippen LogP contribution in [0.3, 0.4) is 0 Å². The number of sulfonamides is 1. The molecule has 0 bridgehead atoms. The second kappa shape index (κ2) is 5.08. The monoisotopic (exact) mass is 334 g/mol. The highest BCUT2D eigenvalue weighted by Crippen LogP contribution is 2.41. The number of benzene rings is 1. The second-order valence-electron chi connectivity index (χ2n) is 5.69. The Labute approximate surface area is 127 Å². The van der Waals surface area contributed by atoms with Gasteiger partial charge in [-0.25, -0.2) is 12.8 Å². The van der Waals surface area contributed by atoms with Crippen molar-refractivity contribution in [1.29, 1.82) is 0 Å². The van der Waals surface area contributed by atoms with Gasteiger partial charge < -0.3 is 10.8 Å². The van der Waals surface area contributed by atoms with Crippen LogP contribution in [-0.4, -0.2) is 37.0 Å². The molecule has 3 atom stereocenters. The van der Waals surface area contributed by atoms with Crippen molar-refractivity contribution < 1.29 is 17.9 Å². The normalized spacial score (nSPS) is 29.8. The van der Waals surface area contributed by atoms with E-state index in [-0.39, 0.29) is 34.0 Å². The molecule has 8 heteroatoms. The molecule has 0 spiro atoms. The van der Waals surface area contributed by atoms with Crippen LogP contribution in [0.5, 0.6) is 0 Å². The number of hydrogen-bond acceptors (Lipinski definition) is 4. The van der Waals surface area contributed by atoms with Crippen molar-refractivity contribution in [3.05, 3.63) is 23.0 Å². The minimum Gasteiger partial charge on any atom is -0.396 e. The van der Waals surface area contributed by atoms with Gasteiger partial charge in [0, 0.05) is 19.0 Å². The average Bonchev–Trinajstić information content (AvgIpc) is 2.97. The van der Waals surface area contributed by atoms with Gasteiger partial charge >= 0.3 is 0 Å². The molecule has 1 aromatic carbocycles. The molecule has 1 aliphatic carbocycles. The first-order valence-electron chi connectivity index (χ1n) is 6.73. The zero-order valence-corrected chi connectivity index (χ0v) is 12.7.